The first-order valence-corrected chi connectivity index (χ1v) is 4.48. The van der Waals surface area contributed by atoms with E-state index in [4.69, 9.17) is 16.7 Å². The number of halogens is 1. The third-order valence-electron chi connectivity index (χ3n) is 2.04. The molecular formula is C9H8ClNO4. The van der Waals surface area contributed by atoms with Crippen molar-refractivity contribution in [2.75, 3.05) is 0 Å². The van der Waals surface area contributed by atoms with Crippen molar-refractivity contribution in [1.82, 2.24) is 0 Å². The molecular weight excluding hydrogens is 222 g/mol. The zero-order valence-corrected chi connectivity index (χ0v) is 8.56. The number of hydrogen-bond acceptors (Lipinski definition) is 3. The minimum absolute atomic E-state index is 0.00124. The molecule has 0 aromatic heterocycles. The van der Waals surface area contributed by atoms with E-state index in [9.17, 15) is 14.9 Å². The summed E-state index contributed by atoms with van der Waals surface area (Å²) < 4.78 is 0. The molecule has 6 heteroatoms. The molecule has 0 radical (unpaired) electrons. The van der Waals surface area contributed by atoms with Gasteiger partial charge in [0.1, 0.15) is 5.02 Å². The third-order valence-corrected chi connectivity index (χ3v) is 2.36. The van der Waals surface area contributed by atoms with E-state index in [1.807, 2.05) is 0 Å². The second kappa shape index (κ2) is 4.27. The van der Waals surface area contributed by atoms with Crippen LogP contribution < -0.4 is 0 Å². The zero-order chi connectivity index (χ0) is 11.6. The molecule has 0 heterocycles. The molecule has 1 N–H and O–H groups in total. The molecule has 0 saturated carbocycles. The molecule has 0 aliphatic rings. The Bertz CT molecular complexity index is 419. The molecule has 1 atom stereocenters. The summed E-state index contributed by atoms with van der Waals surface area (Å²) in [5.74, 6) is -1.83. The number of nitrogens with zero attached hydrogens (tertiary/aromatic N) is 1. The van der Waals surface area contributed by atoms with Gasteiger partial charge in [0, 0.05) is 6.07 Å². The SMILES string of the molecule is C[C@H](C(=O)O)c1ccc(Cl)c([N+](=O)[O-])c1. The van der Waals surface area contributed by atoms with Crippen LogP contribution in [0.3, 0.4) is 0 Å². The first kappa shape index (κ1) is 11.5. The molecule has 0 fully saturated rings. The second-order valence-electron chi connectivity index (χ2n) is 3.03. The van der Waals surface area contributed by atoms with Crippen LogP contribution in [0.1, 0.15) is 18.4 Å². The van der Waals surface area contributed by atoms with E-state index in [0.717, 1.165) is 0 Å². The van der Waals surface area contributed by atoms with Crippen molar-refractivity contribution in [2.24, 2.45) is 0 Å². The number of nitro groups is 1. The number of hydrogen-bond donors (Lipinski definition) is 1. The molecule has 0 bridgehead atoms. The second-order valence-corrected chi connectivity index (χ2v) is 3.44. The Kier molecular flexibility index (Phi) is 3.26. The summed E-state index contributed by atoms with van der Waals surface area (Å²) in [5, 5.41) is 19.3. The van der Waals surface area contributed by atoms with E-state index >= 15 is 0 Å². The van der Waals surface area contributed by atoms with Crippen LogP contribution >= 0.6 is 11.6 Å². The lowest BCUT2D eigenvalue weighted by Crippen LogP contribution is -2.07. The molecule has 0 spiro atoms. The van der Waals surface area contributed by atoms with Crippen molar-refractivity contribution in [2.45, 2.75) is 12.8 Å². The highest BCUT2D eigenvalue weighted by Gasteiger charge is 2.19. The van der Waals surface area contributed by atoms with Crippen molar-refractivity contribution in [3.8, 4) is 0 Å². The maximum absolute atomic E-state index is 10.7. The van der Waals surface area contributed by atoms with Crippen LogP contribution in [0.4, 0.5) is 5.69 Å². The van der Waals surface area contributed by atoms with Crippen LogP contribution in [0.15, 0.2) is 18.2 Å². The Labute approximate surface area is 90.4 Å². The lowest BCUT2D eigenvalue weighted by molar-refractivity contribution is -0.384. The quantitative estimate of drug-likeness (QED) is 0.638. The molecule has 1 aromatic carbocycles. The largest absolute Gasteiger partial charge is 0.481 e. The first-order chi connectivity index (χ1) is 6.93. The van der Waals surface area contributed by atoms with Crippen LogP contribution in [-0.2, 0) is 4.79 Å². The fourth-order valence-corrected chi connectivity index (χ4v) is 1.27. The highest BCUT2D eigenvalue weighted by Crippen LogP contribution is 2.28. The Hall–Kier alpha value is -1.62. The van der Waals surface area contributed by atoms with Gasteiger partial charge in [0.15, 0.2) is 0 Å². The minimum atomic E-state index is -1.04. The van der Waals surface area contributed by atoms with E-state index < -0.39 is 16.8 Å². The molecule has 15 heavy (non-hydrogen) atoms. The van der Waals surface area contributed by atoms with E-state index in [-0.39, 0.29) is 10.7 Å². The van der Waals surface area contributed by atoms with Crippen LogP contribution in [0, 0.1) is 10.1 Å². The van der Waals surface area contributed by atoms with E-state index in [2.05, 4.69) is 0 Å². The van der Waals surface area contributed by atoms with Gasteiger partial charge in [-0.3, -0.25) is 14.9 Å². The molecule has 0 aliphatic carbocycles. The number of aliphatic carboxylic acids is 1. The van der Waals surface area contributed by atoms with Gasteiger partial charge in [-0.1, -0.05) is 17.7 Å². The van der Waals surface area contributed by atoms with Gasteiger partial charge < -0.3 is 5.11 Å². The number of rotatable bonds is 3. The number of carbonyl (C=O) groups is 1. The lowest BCUT2D eigenvalue weighted by atomic mass is 10.0. The van der Waals surface area contributed by atoms with Crippen LogP contribution in [0.2, 0.25) is 5.02 Å². The third kappa shape index (κ3) is 2.44. The summed E-state index contributed by atoms with van der Waals surface area (Å²) in [6, 6.07) is 3.98. The van der Waals surface area contributed by atoms with Crippen molar-refractivity contribution in [3.63, 3.8) is 0 Å². The molecule has 0 aliphatic heterocycles. The highest BCUT2D eigenvalue weighted by molar-refractivity contribution is 6.32. The fourth-order valence-electron chi connectivity index (χ4n) is 1.08. The molecule has 5 nitrogen and oxygen atoms in total. The fraction of sp³-hybridized carbons (Fsp3) is 0.222. The topological polar surface area (TPSA) is 80.4 Å². The maximum atomic E-state index is 10.7. The highest BCUT2D eigenvalue weighted by atomic mass is 35.5. The zero-order valence-electron chi connectivity index (χ0n) is 7.81. The summed E-state index contributed by atoms with van der Waals surface area (Å²) >= 11 is 5.59. The Morgan fingerprint density at radius 3 is 2.67 bits per heavy atom. The smallest absolute Gasteiger partial charge is 0.310 e. The normalized spacial score (nSPS) is 12.1. The van der Waals surface area contributed by atoms with Crippen LogP contribution in [-0.4, -0.2) is 16.0 Å². The van der Waals surface area contributed by atoms with Gasteiger partial charge in [0.05, 0.1) is 10.8 Å². The molecule has 0 saturated heterocycles. The van der Waals surface area contributed by atoms with Gasteiger partial charge in [0.2, 0.25) is 0 Å². The Morgan fingerprint density at radius 1 is 1.60 bits per heavy atom. The van der Waals surface area contributed by atoms with Crippen molar-refractivity contribution in [1.29, 1.82) is 0 Å². The summed E-state index contributed by atoms with van der Waals surface area (Å²) in [6.45, 7) is 1.45. The predicted octanol–water partition coefficient (Wildman–Crippen LogP) is 2.44. The van der Waals surface area contributed by atoms with Gasteiger partial charge in [-0.15, -0.1) is 0 Å². The standard InChI is InChI=1S/C9H8ClNO4/c1-5(9(12)13)6-2-3-7(10)8(4-6)11(14)15/h2-5H,1H3,(H,12,13)/t5-/m0/s1. The lowest BCUT2D eigenvalue weighted by Gasteiger charge is -2.06. The van der Waals surface area contributed by atoms with Gasteiger partial charge in [-0.05, 0) is 18.6 Å². The van der Waals surface area contributed by atoms with Crippen LogP contribution in [0.25, 0.3) is 0 Å². The van der Waals surface area contributed by atoms with Gasteiger partial charge in [-0.2, -0.15) is 0 Å². The summed E-state index contributed by atoms with van der Waals surface area (Å²) in [5.41, 5.74) is 0.0841. The summed E-state index contributed by atoms with van der Waals surface area (Å²) in [4.78, 5) is 20.6. The van der Waals surface area contributed by atoms with Crippen molar-refractivity contribution < 1.29 is 14.8 Å². The minimum Gasteiger partial charge on any atom is -0.481 e. The van der Waals surface area contributed by atoms with E-state index in [1.165, 1.54) is 25.1 Å². The number of carboxylic acid groups (broad SMARTS) is 1. The molecule has 1 rings (SSSR count). The van der Waals surface area contributed by atoms with Gasteiger partial charge in [0.25, 0.3) is 5.69 Å². The first-order valence-electron chi connectivity index (χ1n) is 4.10. The van der Waals surface area contributed by atoms with Gasteiger partial charge >= 0.3 is 5.97 Å². The van der Waals surface area contributed by atoms with E-state index in [1.54, 1.807) is 0 Å². The summed E-state index contributed by atoms with van der Waals surface area (Å²) in [7, 11) is 0. The predicted molar refractivity (Wildman–Crippen MR) is 54.2 cm³/mol. The van der Waals surface area contributed by atoms with Gasteiger partial charge in [-0.25, -0.2) is 0 Å². The number of carboxylic acids is 1. The number of nitro benzene ring substituents is 1. The monoisotopic (exact) mass is 229 g/mol. The van der Waals surface area contributed by atoms with Crippen molar-refractivity contribution >= 4 is 23.3 Å². The Morgan fingerprint density at radius 2 is 2.20 bits per heavy atom. The summed E-state index contributed by atoms with van der Waals surface area (Å²) in [6.07, 6.45) is 0. The average Bonchev–Trinajstić information content (AvgIpc) is 2.16. The van der Waals surface area contributed by atoms with Crippen LogP contribution in [0.5, 0.6) is 0 Å². The average molecular weight is 230 g/mol. The number of benzene rings is 1. The van der Waals surface area contributed by atoms with Crippen molar-refractivity contribution in [3.05, 3.63) is 38.9 Å². The molecule has 0 unspecified atom stereocenters. The van der Waals surface area contributed by atoms with E-state index in [0.29, 0.717) is 5.56 Å². The molecule has 80 valence electrons. The Balaban J connectivity index is 3.18. The molecule has 0 amide bonds. The molecule has 1 aromatic rings. The maximum Gasteiger partial charge on any atom is 0.310 e.